The molecule has 0 aliphatic rings. The van der Waals surface area contributed by atoms with Crippen molar-refractivity contribution in [1.29, 1.82) is 0 Å². The molecule has 0 saturated heterocycles. The van der Waals surface area contributed by atoms with Gasteiger partial charge in [-0.05, 0) is 37.1 Å². The summed E-state index contributed by atoms with van der Waals surface area (Å²) in [5.74, 6) is 0.576. The Balaban J connectivity index is 1.92. The minimum absolute atomic E-state index is 0.576. The van der Waals surface area contributed by atoms with Crippen molar-refractivity contribution in [2.75, 3.05) is 5.73 Å². The normalized spacial score (nSPS) is 11.3. The summed E-state index contributed by atoms with van der Waals surface area (Å²) in [6.45, 7) is 2.88. The van der Waals surface area contributed by atoms with E-state index in [2.05, 4.69) is 34.7 Å². The molecule has 0 fully saturated rings. The van der Waals surface area contributed by atoms with E-state index < -0.39 is 0 Å². The third-order valence-corrected chi connectivity index (χ3v) is 4.51. The highest BCUT2D eigenvalue weighted by atomic mass is 35.5. The minimum Gasteiger partial charge on any atom is -0.369 e. The van der Waals surface area contributed by atoms with Gasteiger partial charge in [0.25, 0.3) is 0 Å². The van der Waals surface area contributed by atoms with Gasteiger partial charge < -0.3 is 10.3 Å². The maximum atomic E-state index is 6.02. The first-order valence-corrected chi connectivity index (χ1v) is 7.30. The molecular formula is C14H14ClN3S. The van der Waals surface area contributed by atoms with Crippen LogP contribution >= 0.6 is 22.9 Å². The van der Waals surface area contributed by atoms with Crippen molar-refractivity contribution in [3.05, 3.63) is 45.1 Å². The van der Waals surface area contributed by atoms with Crippen LogP contribution in [-0.2, 0) is 13.0 Å². The zero-order valence-corrected chi connectivity index (χ0v) is 12.1. The van der Waals surface area contributed by atoms with E-state index in [1.807, 2.05) is 12.1 Å². The molecule has 98 valence electrons. The number of benzene rings is 1. The predicted octanol–water partition coefficient (Wildman–Crippen LogP) is 3.88. The van der Waals surface area contributed by atoms with Crippen LogP contribution in [0.3, 0.4) is 0 Å². The van der Waals surface area contributed by atoms with Gasteiger partial charge in [-0.25, -0.2) is 4.98 Å². The summed E-state index contributed by atoms with van der Waals surface area (Å²) >= 11 is 7.56. The summed E-state index contributed by atoms with van der Waals surface area (Å²) in [5, 5.41) is 0. The van der Waals surface area contributed by atoms with E-state index in [0.717, 1.165) is 33.9 Å². The third kappa shape index (κ3) is 2.33. The van der Waals surface area contributed by atoms with Crippen LogP contribution in [0.1, 0.15) is 10.4 Å². The molecule has 0 bridgehead atoms. The number of para-hydroxylation sites is 1. The minimum atomic E-state index is 0.576. The number of aryl methyl sites for hydroxylation is 3. The molecule has 1 aromatic carbocycles. The fourth-order valence-electron chi connectivity index (χ4n) is 2.25. The first kappa shape index (κ1) is 12.5. The van der Waals surface area contributed by atoms with Crippen LogP contribution in [0.2, 0.25) is 4.34 Å². The lowest BCUT2D eigenvalue weighted by atomic mass is 10.2. The third-order valence-electron chi connectivity index (χ3n) is 3.22. The van der Waals surface area contributed by atoms with E-state index in [0.29, 0.717) is 5.95 Å². The standard InChI is InChI=1S/C14H14ClN3S/c1-9-3-2-4-11-13(9)17-14(16)18(11)8-7-10-5-6-12(15)19-10/h2-6H,7-8H2,1H3,(H2,16,17). The maximum absolute atomic E-state index is 6.02. The lowest BCUT2D eigenvalue weighted by Crippen LogP contribution is -2.04. The van der Waals surface area contributed by atoms with Crippen molar-refractivity contribution >= 4 is 39.9 Å². The number of fused-ring (bicyclic) bond motifs is 1. The van der Waals surface area contributed by atoms with Crippen LogP contribution in [0.25, 0.3) is 11.0 Å². The molecule has 3 rings (SSSR count). The van der Waals surface area contributed by atoms with Gasteiger partial charge in [-0.15, -0.1) is 11.3 Å². The van der Waals surface area contributed by atoms with Crippen molar-refractivity contribution in [1.82, 2.24) is 9.55 Å². The summed E-state index contributed by atoms with van der Waals surface area (Å²) in [6.07, 6.45) is 0.918. The molecule has 3 nitrogen and oxygen atoms in total. The van der Waals surface area contributed by atoms with Crippen molar-refractivity contribution in [3.8, 4) is 0 Å². The van der Waals surface area contributed by atoms with Gasteiger partial charge in [0.2, 0.25) is 5.95 Å². The molecule has 2 aromatic heterocycles. The number of hydrogen-bond acceptors (Lipinski definition) is 3. The molecule has 0 spiro atoms. The smallest absolute Gasteiger partial charge is 0.201 e. The van der Waals surface area contributed by atoms with Crippen LogP contribution in [0.15, 0.2) is 30.3 Å². The fourth-order valence-corrected chi connectivity index (χ4v) is 3.32. The molecule has 5 heteroatoms. The van der Waals surface area contributed by atoms with Gasteiger partial charge in [0, 0.05) is 11.4 Å². The van der Waals surface area contributed by atoms with Crippen molar-refractivity contribution < 1.29 is 0 Å². The number of nitrogens with two attached hydrogens (primary N) is 1. The summed E-state index contributed by atoms with van der Waals surface area (Å²) < 4.78 is 2.89. The summed E-state index contributed by atoms with van der Waals surface area (Å²) in [7, 11) is 0. The molecule has 2 N–H and O–H groups in total. The number of thiophene rings is 1. The van der Waals surface area contributed by atoms with E-state index in [4.69, 9.17) is 17.3 Å². The van der Waals surface area contributed by atoms with E-state index in [1.165, 1.54) is 4.88 Å². The van der Waals surface area contributed by atoms with Gasteiger partial charge in [-0.1, -0.05) is 23.7 Å². The van der Waals surface area contributed by atoms with E-state index in [9.17, 15) is 0 Å². The van der Waals surface area contributed by atoms with Gasteiger partial charge in [0.1, 0.15) is 0 Å². The number of aromatic nitrogens is 2. The highest BCUT2D eigenvalue weighted by molar-refractivity contribution is 7.16. The van der Waals surface area contributed by atoms with Crippen LogP contribution in [0.4, 0.5) is 5.95 Å². The van der Waals surface area contributed by atoms with Gasteiger partial charge >= 0.3 is 0 Å². The molecule has 19 heavy (non-hydrogen) atoms. The molecule has 0 radical (unpaired) electrons. The largest absolute Gasteiger partial charge is 0.369 e. The Morgan fingerprint density at radius 3 is 2.89 bits per heavy atom. The molecule has 0 atom stereocenters. The van der Waals surface area contributed by atoms with Crippen LogP contribution in [0, 0.1) is 6.92 Å². The second kappa shape index (κ2) is 4.87. The highest BCUT2D eigenvalue weighted by Crippen LogP contribution is 2.24. The van der Waals surface area contributed by atoms with Gasteiger partial charge in [-0.2, -0.15) is 0 Å². The van der Waals surface area contributed by atoms with Crippen molar-refractivity contribution in [2.45, 2.75) is 19.9 Å². The molecule has 0 aliphatic heterocycles. The zero-order valence-electron chi connectivity index (χ0n) is 10.6. The molecule has 3 aromatic rings. The number of rotatable bonds is 3. The van der Waals surface area contributed by atoms with Gasteiger partial charge in [0.15, 0.2) is 0 Å². The van der Waals surface area contributed by atoms with Crippen LogP contribution < -0.4 is 5.73 Å². The first-order valence-electron chi connectivity index (χ1n) is 6.10. The number of imidazole rings is 1. The van der Waals surface area contributed by atoms with Crippen LogP contribution in [0.5, 0.6) is 0 Å². The van der Waals surface area contributed by atoms with E-state index in [1.54, 1.807) is 11.3 Å². The number of nitrogen functional groups attached to an aromatic ring is 1. The van der Waals surface area contributed by atoms with Crippen molar-refractivity contribution in [2.24, 2.45) is 0 Å². The van der Waals surface area contributed by atoms with Gasteiger partial charge in [-0.3, -0.25) is 0 Å². The number of hydrogen-bond donors (Lipinski definition) is 1. The molecule has 0 aliphatic carbocycles. The molecular weight excluding hydrogens is 278 g/mol. The second-order valence-electron chi connectivity index (χ2n) is 4.52. The summed E-state index contributed by atoms with van der Waals surface area (Å²) in [5.41, 5.74) is 9.26. The maximum Gasteiger partial charge on any atom is 0.201 e. The number of nitrogens with zero attached hydrogens (tertiary/aromatic N) is 2. The van der Waals surface area contributed by atoms with E-state index in [-0.39, 0.29) is 0 Å². The zero-order chi connectivity index (χ0) is 13.4. The Hall–Kier alpha value is -1.52. The SMILES string of the molecule is Cc1cccc2c1nc(N)n2CCc1ccc(Cl)s1. The van der Waals surface area contributed by atoms with E-state index >= 15 is 0 Å². The molecule has 0 amide bonds. The van der Waals surface area contributed by atoms with Crippen LogP contribution in [-0.4, -0.2) is 9.55 Å². The number of anilines is 1. The Kier molecular flexibility index (Phi) is 3.21. The average molecular weight is 292 g/mol. The topological polar surface area (TPSA) is 43.8 Å². The Labute approximate surface area is 120 Å². The highest BCUT2D eigenvalue weighted by Gasteiger charge is 2.09. The lowest BCUT2D eigenvalue weighted by Gasteiger charge is -2.05. The van der Waals surface area contributed by atoms with Gasteiger partial charge in [0.05, 0.1) is 15.4 Å². The van der Waals surface area contributed by atoms with Crippen molar-refractivity contribution in [3.63, 3.8) is 0 Å². The Bertz CT molecular complexity index is 729. The monoisotopic (exact) mass is 291 g/mol. The summed E-state index contributed by atoms with van der Waals surface area (Å²) in [4.78, 5) is 5.71. The fraction of sp³-hybridized carbons (Fsp3) is 0.214. The molecule has 0 saturated carbocycles. The quantitative estimate of drug-likeness (QED) is 0.796. The Morgan fingerprint density at radius 2 is 2.16 bits per heavy atom. The average Bonchev–Trinajstić information content (AvgIpc) is 2.92. The second-order valence-corrected chi connectivity index (χ2v) is 6.32. The predicted molar refractivity (Wildman–Crippen MR) is 81.9 cm³/mol. The molecule has 2 heterocycles. The summed E-state index contributed by atoms with van der Waals surface area (Å²) in [6, 6.07) is 10.1. The lowest BCUT2D eigenvalue weighted by molar-refractivity contribution is 0.733. The number of halogens is 1. The molecule has 0 unspecified atom stereocenters. The Morgan fingerprint density at radius 1 is 1.32 bits per heavy atom. The first-order chi connectivity index (χ1) is 9.15.